The summed E-state index contributed by atoms with van der Waals surface area (Å²) < 4.78 is 11.8. The van der Waals surface area contributed by atoms with Crippen molar-refractivity contribution >= 4 is 0 Å². The van der Waals surface area contributed by atoms with E-state index in [1.54, 1.807) is 14.2 Å². The van der Waals surface area contributed by atoms with Crippen LogP contribution in [-0.2, 0) is 9.47 Å². The summed E-state index contributed by atoms with van der Waals surface area (Å²) in [5.41, 5.74) is -3.79. The molecule has 1 heterocycles. The second-order valence-corrected chi connectivity index (χ2v) is 11.6. The highest BCUT2D eigenvalue weighted by Gasteiger charge is 2.90. The molecule has 7 nitrogen and oxygen atoms in total. The Bertz CT molecular complexity index is 766. The molecule has 1 saturated heterocycles. The lowest BCUT2D eigenvalue weighted by molar-refractivity contribution is -0.315. The van der Waals surface area contributed by atoms with Gasteiger partial charge in [-0.15, -0.1) is 0 Å². The molecule has 1 spiro atoms. The van der Waals surface area contributed by atoms with E-state index in [9.17, 15) is 20.4 Å². The number of likely N-dealkylation sites (tertiary alicyclic amines) is 1. The van der Waals surface area contributed by atoms with Gasteiger partial charge >= 0.3 is 0 Å². The van der Waals surface area contributed by atoms with Crippen molar-refractivity contribution in [2.24, 2.45) is 34.5 Å². The topological polar surface area (TPSA) is 103 Å². The van der Waals surface area contributed by atoms with E-state index >= 15 is 0 Å². The van der Waals surface area contributed by atoms with E-state index in [0.29, 0.717) is 12.8 Å². The van der Waals surface area contributed by atoms with Gasteiger partial charge in [0.1, 0.15) is 11.2 Å². The summed E-state index contributed by atoms with van der Waals surface area (Å²) in [6.07, 6.45) is 0.370. The van der Waals surface area contributed by atoms with Crippen LogP contribution in [0.15, 0.2) is 0 Å². The molecule has 4 N–H and O–H groups in total. The Morgan fingerprint density at radius 3 is 2.50 bits per heavy atom. The zero-order valence-electron chi connectivity index (χ0n) is 18.5. The van der Waals surface area contributed by atoms with Crippen molar-refractivity contribution in [3.63, 3.8) is 0 Å². The molecular weight excluding hydrogens is 386 g/mol. The van der Waals surface area contributed by atoms with Gasteiger partial charge in [-0.25, -0.2) is 0 Å². The van der Waals surface area contributed by atoms with E-state index in [-0.39, 0.29) is 35.3 Å². The molecule has 13 unspecified atom stereocenters. The Labute approximate surface area is 178 Å². The van der Waals surface area contributed by atoms with Crippen molar-refractivity contribution in [2.75, 3.05) is 27.3 Å². The smallest absolute Gasteiger partial charge is 0.136 e. The average Bonchev–Trinajstić information content (AvgIpc) is 3.09. The van der Waals surface area contributed by atoms with E-state index < -0.39 is 40.8 Å². The molecule has 0 amide bonds. The van der Waals surface area contributed by atoms with E-state index in [2.05, 4.69) is 18.7 Å². The first-order valence-electron chi connectivity index (χ1n) is 11.8. The third kappa shape index (κ3) is 1.74. The van der Waals surface area contributed by atoms with Crippen molar-refractivity contribution in [1.29, 1.82) is 0 Å². The molecule has 7 heteroatoms. The van der Waals surface area contributed by atoms with Crippen molar-refractivity contribution in [3.8, 4) is 0 Å². The molecule has 5 saturated carbocycles. The fourth-order valence-corrected chi connectivity index (χ4v) is 10.4. The van der Waals surface area contributed by atoms with Crippen LogP contribution in [0.25, 0.3) is 0 Å². The number of aliphatic hydroxyl groups is 4. The monoisotopic (exact) mass is 423 g/mol. The summed E-state index contributed by atoms with van der Waals surface area (Å²) >= 11 is 0. The largest absolute Gasteiger partial charge is 0.392 e. The second-order valence-electron chi connectivity index (χ2n) is 11.6. The number of likely N-dealkylation sites (N-methyl/N-ethyl adjacent to an activating group) is 1. The molecule has 13 atom stereocenters. The van der Waals surface area contributed by atoms with E-state index in [1.807, 2.05) is 0 Å². The second kappa shape index (κ2) is 5.79. The van der Waals surface area contributed by atoms with Crippen LogP contribution in [0.5, 0.6) is 0 Å². The Balaban J connectivity index is 1.68. The lowest BCUT2D eigenvalue weighted by atomic mass is 9.43. The summed E-state index contributed by atoms with van der Waals surface area (Å²) in [6, 6.07) is -0.388. The Kier molecular flexibility index (Phi) is 3.93. The lowest BCUT2D eigenvalue weighted by Crippen LogP contribution is -2.81. The minimum Gasteiger partial charge on any atom is -0.392 e. The van der Waals surface area contributed by atoms with Crippen molar-refractivity contribution in [1.82, 2.24) is 4.90 Å². The quantitative estimate of drug-likeness (QED) is 0.506. The molecule has 6 rings (SSSR count). The minimum atomic E-state index is -1.57. The number of nitrogens with zero attached hydrogens (tertiary/aromatic N) is 1. The summed E-state index contributed by atoms with van der Waals surface area (Å²) in [6.45, 7) is 5.96. The summed E-state index contributed by atoms with van der Waals surface area (Å²) in [7, 11) is 3.26. The van der Waals surface area contributed by atoms with Crippen LogP contribution in [0.4, 0.5) is 0 Å². The number of ether oxygens (including phenoxy) is 2. The minimum absolute atomic E-state index is 0.0527. The molecule has 1 aliphatic heterocycles. The molecule has 6 fully saturated rings. The highest BCUT2D eigenvalue weighted by molar-refractivity contribution is 5.40. The molecular formula is C23H37NO6. The van der Waals surface area contributed by atoms with Gasteiger partial charge < -0.3 is 29.9 Å². The predicted octanol–water partition coefficient (Wildman–Crippen LogP) is -0.00960. The Morgan fingerprint density at radius 2 is 1.87 bits per heavy atom. The number of aliphatic hydroxyl groups excluding tert-OH is 2. The standard InChI is InChI=1S/C23H37NO6/c1-5-24-10-20(2)7-6-14(25)22-12-8-11-13(29-3)9-21(27,15(12)16(11)26)23(28,19(22)24)18(30-4)17(20)22/h11-19,25-28H,5-10H2,1-4H3. The van der Waals surface area contributed by atoms with Crippen LogP contribution in [-0.4, -0.2) is 94.3 Å². The number of hydrogen-bond acceptors (Lipinski definition) is 7. The SMILES string of the molecule is CCN1CC2(C)CCC(O)C34C5CC6C(OC)CC(O)(C5C6O)C(O)(C(OC)C23)C14. The summed E-state index contributed by atoms with van der Waals surface area (Å²) in [5, 5.41) is 48.1. The van der Waals surface area contributed by atoms with Crippen molar-refractivity contribution < 1.29 is 29.9 Å². The zero-order chi connectivity index (χ0) is 21.4. The lowest BCUT2D eigenvalue weighted by Gasteiger charge is -2.69. The Morgan fingerprint density at radius 1 is 1.13 bits per heavy atom. The molecule has 0 aromatic heterocycles. The van der Waals surface area contributed by atoms with Crippen LogP contribution in [0.1, 0.15) is 39.5 Å². The maximum absolute atomic E-state index is 12.7. The van der Waals surface area contributed by atoms with Crippen LogP contribution in [0.2, 0.25) is 0 Å². The molecule has 170 valence electrons. The van der Waals surface area contributed by atoms with Crippen LogP contribution in [0.3, 0.4) is 0 Å². The molecule has 30 heavy (non-hydrogen) atoms. The fourth-order valence-electron chi connectivity index (χ4n) is 10.4. The van der Waals surface area contributed by atoms with Gasteiger partial charge in [-0.2, -0.15) is 0 Å². The van der Waals surface area contributed by atoms with E-state index in [4.69, 9.17) is 9.47 Å². The van der Waals surface area contributed by atoms with Crippen molar-refractivity contribution in [3.05, 3.63) is 0 Å². The van der Waals surface area contributed by atoms with Crippen molar-refractivity contribution in [2.45, 2.75) is 81.2 Å². The van der Waals surface area contributed by atoms with Gasteiger partial charge in [0.25, 0.3) is 0 Å². The maximum Gasteiger partial charge on any atom is 0.136 e. The summed E-state index contributed by atoms with van der Waals surface area (Å²) in [5.74, 6) is -0.656. The Hall–Kier alpha value is -0.280. The number of piperidine rings is 1. The number of rotatable bonds is 3. The third-order valence-electron chi connectivity index (χ3n) is 11.0. The number of methoxy groups -OCH3 is 2. The van der Waals surface area contributed by atoms with E-state index in [0.717, 1.165) is 25.9 Å². The average molecular weight is 424 g/mol. The van der Waals surface area contributed by atoms with Crippen LogP contribution in [0, 0.1) is 34.5 Å². The first-order chi connectivity index (χ1) is 14.2. The molecule has 0 aromatic carbocycles. The van der Waals surface area contributed by atoms with Gasteiger partial charge in [-0.1, -0.05) is 13.8 Å². The predicted molar refractivity (Wildman–Crippen MR) is 108 cm³/mol. The van der Waals surface area contributed by atoms with Gasteiger partial charge in [0.2, 0.25) is 0 Å². The van der Waals surface area contributed by atoms with Crippen LogP contribution < -0.4 is 0 Å². The summed E-state index contributed by atoms with van der Waals surface area (Å²) in [4.78, 5) is 2.31. The number of hydrogen-bond donors (Lipinski definition) is 4. The zero-order valence-corrected chi connectivity index (χ0v) is 18.5. The third-order valence-corrected chi connectivity index (χ3v) is 11.0. The van der Waals surface area contributed by atoms with E-state index in [1.165, 1.54) is 0 Å². The first-order valence-corrected chi connectivity index (χ1v) is 11.8. The molecule has 6 aliphatic rings. The van der Waals surface area contributed by atoms with Gasteiger partial charge in [0.15, 0.2) is 0 Å². The van der Waals surface area contributed by atoms with Gasteiger partial charge in [-0.05, 0) is 37.1 Å². The van der Waals surface area contributed by atoms with Gasteiger partial charge in [0, 0.05) is 50.4 Å². The fraction of sp³-hybridized carbons (Fsp3) is 1.00. The number of fused-ring (bicyclic) bond motifs is 2. The maximum atomic E-state index is 12.7. The first kappa shape index (κ1) is 20.3. The van der Waals surface area contributed by atoms with Gasteiger partial charge in [-0.3, -0.25) is 4.90 Å². The highest BCUT2D eigenvalue weighted by Crippen LogP contribution is 2.80. The normalized spacial score (nSPS) is 65.8. The highest BCUT2D eigenvalue weighted by atomic mass is 16.5. The van der Waals surface area contributed by atoms with Gasteiger partial charge in [0.05, 0.1) is 30.5 Å². The molecule has 0 radical (unpaired) electrons. The molecule has 5 aliphatic carbocycles. The van der Waals surface area contributed by atoms with Crippen LogP contribution >= 0.6 is 0 Å². The molecule has 0 aromatic rings. The molecule has 7 bridgehead atoms.